The van der Waals surface area contributed by atoms with Crippen molar-refractivity contribution >= 4 is 28.5 Å². The highest BCUT2D eigenvalue weighted by atomic mass is 16.5. The molecule has 0 spiro atoms. The second-order valence-electron chi connectivity index (χ2n) is 8.72. The Labute approximate surface area is 192 Å². The number of benzene rings is 1. The maximum atomic E-state index is 13.1. The first kappa shape index (κ1) is 21.5. The first-order chi connectivity index (χ1) is 16.0. The van der Waals surface area contributed by atoms with Gasteiger partial charge in [-0.2, -0.15) is 0 Å². The number of carbonyl (C=O) groups is 2. The predicted octanol–water partition coefficient (Wildman–Crippen LogP) is 2.94. The number of nitrogens with one attached hydrogen (secondary N) is 1. The van der Waals surface area contributed by atoms with Crippen LogP contribution in [0.4, 0.5) is 5.69 Å². The molecule has 0 bridgehead atoms. The maximum Gasteiger partial charge on any atom is 0.259 e. The number of anilines is 1. The van der Waals surface area contributed by atoms with Crippen LogP contribution in [0.25, 0.3) is 22.6 Å². The summed E-state index contributed by atoms with van der Waals surface area (Å²) in [5.41, 5.74) is 3.62. The van der Waals surface area contributed by atoms with Gasteiger partial charge in [0.2, 0.25) is 0 Å². The van der Waals surface area contributed by atoms with Crippen LogP contribution in [0, 0.1) is 0 Å². The standard InChI is InChI=1S/C24H29N5O4/c1-27-14-16(24(31)29-10-4-5-11-29)21(32-3)20(27)22-26-17-13-15(8-9-18(17)28(22)2)25-23(30)19-7-6-12-33-19/h8-9,13-14,19H,4-7,10-12H2,1-3H3,(H,25,30). The predicted molar refractivity (Wildman–Crippen MR) is 124 cm³/mol. The molecule has 1 aromatic carbocycles. The SMILES string of the molecule is COc1c(C(=O)N2CCCC2)cn(C)c1-c1nc2cc(NC(=O)C3CCCO3)ccc2n1C. The van der Waals surface area contributed by atoms with E-state index in [1.54, 1.807) is 7.11 Å². The summed E-state index contributed by atoms with van der Waals surface area (Å²) in [6.45, 7) is 2.18. The van der Waals surface area contributed by atoms with Gasteiger partial charge in [-0.3, -0.25) is 9.59 Å². The highest BCUT2D eigenvalue weighted by Gasteiger charge is 2.29. The molecule has 0 saturated carbocycles. The van der Waals surface area contributed by atoms with Crippen LogP contribution in [0.5, 0.6) is 5.75 Å². The summed E-state index contributed by atoms with van der Waals surface area (Å²) in [5.74, 6) is 1.08. The van der Waals surface area contributed by atoms with Crippen LogP contribution < -0.4 is 10.1 Å². The lowest BCUT2D eigenvalue weighted by Crippen LogP contribution is -2.27. The Morgan fingerprint density at radius 3 is 2.67 bits per heavy atom. The van der Waals surface area contributed by atoms with E-state index < -0.39 is 0 Å². The zero-order valence-electron chi connectivity index (χ0n) is 19.3. The Balaban J connectivity index is 1.50. The van der Waals surface area contributed by atoms with Gasteiger partial charge in [0.25, 0.3) is 11.8 Å². The molecular weight excluding hydrogens is 422 g/mol. The lowest BCUT2D eigenvalue weighted by atomic mass is 10.2. The molecular formula is C24H29N5O4. The second-order valence-corrected chi connectivity index (χ2v) is 8.72. The van der Waals surface area contributed by atoms with E-state index in [2.05, 4.69) is 5.32 Å². The summed E-state index contributed by atoms with van der Waals surface area (Å²) < 4.78 is 15.1. The molecule has 2 aliphatic rings. The number of amides is 2. The van der Waals surface area contributed by atoms with Gasteiger partial charge in [0.15, 0.2) is 11.6 Å². The number of ether oxygens (including phenoxy) is 2. The zero-order chi connectivity index (χ0) is 23.1. The molecule has 0 aliphatic carbocycles. The van der Waals surface area contributed by atoms with E-state index in [4.69, 9.17) is 14.5 Å². The van der Waals surface area contributed by atoms with Crippen LogP contribution in [0.3, 0.4) is 0 Å². The fourth-order valence-corrected chi connectivity index (χ4v) is 4.81. The number of methoxy groups -OCH3 is 1. The number of carbonyl (C=O) groups excluding carboxylic acids is 2. The third-order valence-corrected chi connectivity index (χ3v) is 6.55. The van der Waals surface area contributed by atoms with Crippen LogP contribution in [0.15, 0.2) is 24.4 Å². The molecule has 2 amide bonds. The third-order valence-electron chi connectivity index (χ3n) is 6.55. The van der Waals surface area contributed by atoms with Crippen LogP contribution in [0.1, 0.15) is 36.0 Å². The van der Waals surface area contributed by atoms with E-state index in [1.165, 1.54) is 0 Å². The van der Waals surface area contributed by atoms with Crippen LogP contribution in [-0.2, 0) is 23.6 Å². The van der Waals surface area contributed by atoms with Gasteiger partial charge in [-0.25, -0.2) is 4.98 Å². The molecule has 1 unspecified atom stereocenters. The monoisotopic (exact) mass is 451 g/mol. The normalized spacial score (nSPS) is 18.3. The molecule has 1 atom stereocenters. The smallest absolute Gasteiger partial charge is 0.259 e. The zero-order valence-corrected chi connectivity index (χ0v) is 19.3. The Bertz CT molecular complexity index is 1220. The molecule has 2 saturated heterocycles. The highest BCUT2D eigenvalue weighted by Crippen LogP contribution is 2.37. The number of likely N-dealkylation sites (tertiary alicyclic amines) is 1. The molecule has 1 N–H and O–H groups in total. The largest absolute Gasteiger partial charge is 0.494 e. The molecule has 3 aromatic rings. The molecule has 33 heavy (non-hydrogen) atoms. The minimum Gasteiger partial charge on any atom is -0.494 e. The van der Waals surface area contributed by atoms with Crippen molar-refractivity contribution in [1.29, 1.82) is 0 Å². The van der Waals surface area contributed by atoms with Crippen LogP contribution in [0.2, 0.25) is 0 Å². The Hall–Kier alpha value is -3.33. The lowest BCUT2D eigenvalue weighted by molar-refractivity contribution is -0.124. The van der Waals surface area contributed by atoms with E-state index >= 15 is 0 Å². The van der Waals surface area contributed by atoms with Crippen molar-refractivity contribution < 1.29 is 19.1 Å². The van der Waals surface area contributed by atoms with E-state index in [9.17, 15) is 9.59 Å². The van der Waals surface area contributed by atoms with Gasteiger partial charge < -0.3 is 28.8 Å². The minimum atomic E-state index is -0.390. The number of fused-ring (bicyclic) bond motifs is 1. The van der Waals surface area contributed by atoms with Crippen molar-refractivity contribution in [1.82, 2.24) is 19.0 Å². The number of imidazole rings is 1. The van der Waals surface area contributed by atoms with Crippen molar-refractivity contribution in [3.63, 3.8) is 0 Å². The Morgan fingerprint density at radius 1 is 1.18 bits per heavy atom. The van der Waals surface area contributed by atoms with Crippen molar-refractivity contribution in [3.8, 4) is 17.3 Å². The van der Waals surface area contributed by atoms with E-state index in [1.807, 2.05) is 52.5 Å². The van der Waals surface area contributed by atoms with Gasteiger partial charge in [0, 0.05) is 45.7 Å². The van der Waals surface area contributed by atoms with E-state index in [-0.39, 0.29) is 17.9 Å². The Kier molecular flexibility index (Phi) is 5.57. The lowest BCUT2D eigenvalue weighted by Gasteiger charge is -2.15. The molecule has 2 aromatic heterocycles. The number of nitrogens with zero attached hydrogens (tertiary/aromatic N) is 4. The third kappa shape index (κ3) is 3.76. The van der Waals surface area contributed by atoms with Gasteiger partial charge >= 0.3 is 0 Å². The minimum absolute atomic E-state index is 0.0101. The van der Waals surface area contributed by atoms with E-state index in [0.717, 1.165) is 55.5 Å². The fourth-order valence-electron chi connectivity index (χ4n) is 4.81. The summed E-state index contributed by atoms with van der Waals surface area (Å²) in [7, 11) is 5.41. The van der Waals surface area contributed by atoms with Crippen molar-refractivity contribution in [2.24, 2.45) is 14.1 Å². The van der Waals surface area contributed by atoms with Crippen LogP contribution >= 0.6 is 0 Å². The van der Waals surface area contributed by atoms with Crippen LogP contribution in [-0.4, -0.2) is 63.7 Å². The van der Waals surface area contributed by atoms with Gasteiger partial charge in [0.1, 0.15) is 17.4 Å². The Morgan fingerprint density at radius 2 is 1.97 bits per heavy atom. The van der Waals surface area contributed by atoms with Gasteiger partial charge in [-0.1, -0.05) is 0 Å². The number of hydrogen-bond acceptors (Lipinski definition) is 5. The van der Waals surface area contributed by atoms with Gasteiger partial charge in [0.05, 0.1) is 18.1 Å². The maximum absolute atomic E-state index is 13.1. The highest BCUT2D eigenvalue weighted by molar-refractivity contribution is 6.00. The van der Waals surface area contributed by atoms with E-state index in [0.29, 0.717) is 29.4 Å². The molecule has 4 heterocycles. The van der Waals surface area contributed by atoms with Crippen molar-refractivity contribution in [2.75, 3.05) is 32.1 Å². The quantitative estimate of drug-likeness (QED) is 0.644. The topological polar surface area (TPSA) is 90.6 Å². The molecule has 2 fully saturated rings. The van der Waals surface area contributed by atoms with Crippen molar-refractivity contribution in [3.05, 3.63) is 30.0 Å². The number of rotatable bonds is 5. The summed E-state index contributed by atoms with van der Waals surface area (Å²) >= 11 is 0. The molecule has 2 aliphatic heterocycles. The first-order valence-electron chi connectivity index (χ1n) is 11.4. The molecule has 174 valence electrons. The first-order valence-corrected chi connectivity index (χ1v) is 11.4. The summed E-state index contributed by atoms with van der Waals surface area (Å²) in [4.78, 5) is 32.2. The van der Waals surface area contributed by atoms with Crippen molar-refractivity contribution in [2.45, 2.75) is 31.8 Å². The van der Waals surface area contributed by atoms with Gasteiger partial charge in [-0.05, 0) is 43.9 Å². The molecule has 9 nitrogen and oxygen atoms in total. The van der Waals surface area contributed by atoms with Gasteiger partial charge in [-0.15, -0.1) is 0 Å². The molecule has 0 radical (unpaired) electrons. The summed E-state index contributed by atoms with van der Waals surface area (Å²) in [5, 5.41) is 2.94. The summed E-state index contributed by atoms with van der Waals surface area (Å²) in [6.07, 6.45) is 5.14. The average Bonchev–Trinajstić information content (AvgIpc) is 3.60. The molecule has 5 rings (SSSR count). The number of aromatic nitrogens is 3. The molecule has 9 heteroatoms. The number of aryl methyl sites for hydroxylation is 2. The fraction of sp³-hybridized carbons (Fsp3) is 0.458. The number of hydrogen-bond donors (Lipinski definition) is 1. The average molecular weight is 452 g/mol. The summed E-state index contributed by atoms with van der Waals surface area (Å²) in [6, 6.07) is 5.66. The second kappa shape index (κ2) is 8.55.